The molecule has 6 heteroatoms. The molecule has 0 radical (unpaired) electrons. The fourth-order valence-electron chi connectivity index (χ4n) is 5.61. The van der Waals surface area contributed by atoms with Gasteiger partial charge >= 0.3 is 0 Å². The third kappa shape index (κ3) is 4.33. The van der Waals surface area contributed by atoms with Gasteiger partial charge in [0.2, 0.25) is 0 Å². The third-order valence-electron chi connectivity index (χ3n) is 7.61. The second-order valence-corrected chi connectivity index (χ2v) is 9.28. The largest absolute Gasteiger partial charge is 0.213 e. The zero-order valence-corrected chi connectivity index (χ0v) is 17.9. The Morgan fingerprint density at radius 3 is 2.19 bits per heavy atom. The summed E-state index contributed by atoms with van der Waals surface area (Å²) >= 11 is 0. The first kappa shape index (κ1) is 22.9. The van der Waals surface area contributed by atoms with E-state index in [1.165, 1.54) is 6.07 Å². The van der Waals surface area contributed by atoms with Gasteiger partial charge in [0.05, 0.1) is 0 Å². The van der Waals surface area contributed by atoms with Gasteiger partial charge in [-0.2, -0.15) is 0 Å². The lowest BCUT2D eigenvalue weighted by Gasteiger charge is -2.38. The zero-order chi connectivity index (χ0) is 23.0. The van der Waals surface area contributed by atoms with Crippen molar-refractivity contribution in [1.29, 1.82) is 0 Å². The van der Waals surface area contributed by atoms with Gasteiger partial charge in [0.15, 0.2) is 17.5 Å². The van der Waals surface area contributed by atoms with Crippen LogP contribution in [-0.2, 0) is 12.8 Å². The van der Waals surface area contributed by atoms with Gasteiger partial charge in [-0.3, -0.25) is 0 Å². The quantitative estimate of drug-likeness (QED) is 0.324. The van der Waals surface area contributed by atoms with Crippen LogP contribution in [0.15, 0.2) is 36.4 Å². The van der Waals surface area contributed by atoms with Crippen molar-refractivity contribution >= 4 is 0 Å². The molecule has 0 saturated heterocycles. The first-order valence-corrected chi connectivity index (χ1v) is 11.2. The van der Waals surface area contributed by atoms with Crippen LogP contribution in [0.5, 0.6) is 0 Å². The number of hydrogen-bond donors (Lipinski definition) is 0. The van der Waals surface area contributed by atoms with Gasteiger partial charge in [0.25, 0.3) is 0 Å². The molecule has 0 heterocycles. The van der Waals surface area contributed by atoms with E-state index in [9.17, 15) is 22.0 Å². The van der Waals surface area contributed by atoms with E-state index in [1.54, 1.807) is 13.0 Å². The zero-order valence-electron chi connectivity index (χ0n) is 17.9. The Bertz CT molecular complexity index is 996. The maximum absolute atomic E-state index is 15.2. The molecule has 4 rings (SSSR count). The summed E-state index contributed by atoms with van der Waals surface area (Å²) < 4.78 is 81.8. The van der Waals surface area contributed by atoms with Crippen LogP contribution in [0.4, 0.5) is 26.3 Å². The Morgan fingerprint density at radius 2 is 1.56 bits per heavy atom. The number of rotatable bonds is 4. The third-order valence-corrected chi connectivity index (χ3v) is 7.61. The van der Waals surface area contributed by atoms with Gasteiger partial charge < -0.3 is 0 Å². The van der Waals surface area contributed by atoms with Crippen LogP contribution in [0.1, 0.15) is 50.2 Å². The minimum Gasteiger partial charge on any atom is -0.213 e. The Labute approximate surface area is 184 Å². The number of halogens is 6. The SMILES string of the molecule is CC(/C(F)=C\F)C1CCC(C2CCc3c(ccc(-c4cc(F)c(F)c(F)c4)c3F)C2)CC1. The maximum atomic E-state index is 15.2. The highest BCUT2D eigenvalue weighted by atomic mass is 19.2. The molecule has 2 aliphatic rings. The molecule has 2 atom stereocenters. The molecule has 1 saturated carbocycles. The molecule has 0 nitrogen and oxygen atoms in total. The molecule has 1 fully saturated rings. The van der Waals surface area contributed by atoms with Crippen LogP contribution in [-0.4, -0.2) is 0 Å². The van der Waals surface area contributed by atoms with E-state index in [0.717, 1.165) is 56.2 Å². The predicted molar refractivity (Wildman–Crippen MR) is 112 cm³/mol. The van der Waals surface area contributed by atoms with E-state index in [1.807, 2.05) is 0 Å². The van der Waals surface area contributed by atoms with Crippen molar-refractivity contribution in [3.8, 4) is 11.1 Å². The summed E-state index contributed by atoms with van der Waals surface area (Å²) in [5.41, 5.74) is 1.50. The van der Waals surface area contributed by atoms with E-state index in [2.05, 4.69) is 0 Å². The fraction of sp³-hybridized carbons (Fsp3) is 0.462. The van der Waals surface area contributed by atoms with E-state index < -0.39 is 35.0 Å². The molecule has 172 valence electrons. The molecule has 2 aliphatic carbocycles. The summed E-state index contributed by atoms with van der Waals surface area (Å²) in [5.74, 6) is -4.84. The molecule has 0 bridgehead atoms. The summed E-state index contributed by atoms with van der Waals surface area (Å²) in [7, 11) is 0. The Kier molecular flexibility index (Phi) is 6.68. The molecular formula is C26H26F6. The average molecular weight is 452 g/mol. The average Bonchev–Trinajstić information content (AvgIpc) is 2.81. The van der Waals surface area contributed by atoms with Gasteiger partial charge in [0, 0.05) is 11.5 Å². The molecule has 0 amide bonds. The van der Waals surface area contributed by atoms with Crippen LogP contribution in [0.2, 0.25) is 0 Å². The van der Waals surface area contributed by atoms with Crippen LogP contribution < -0.4 is 0 Å². The van der Waals surface area contributed by atoms with Gasteiger partial charge in [-0.05, 0) is 91.5 Å². The molecule has 32 heavy (non-hydrogen) atoms. The number of benzene rings is 2. The van der Waals surface area contributed by atoms with E-state index in [4.69, 9.17) is 0 Å². The van der Waals surface area contributed by atoms with Gasteiger partial charge in [-0.1, -0.05) is 19.1 Å². The lowest BCUT2D eigenvalue weighted by atomic mass is 9.67. The Balaban J connectivity index is 1.47. The molecule has 0 N–H and O–H groups in total. The van der Waals surface area contributed by atoms with Crippen LogP contribution in [0.25, 0.3) is 11.1 Å². The minimum atomic E-state index is -1.57. The van der Waals surface area contributed by atoms with Crippen molar-refractivity contribution in [1.82, 2.24) is 0 Å². The topological polar surface area (TPSA) is 0 Å². The Hall–Kier alpha value is -2.24. The normalized spacial score (nSPS) is 24.8. The van der Waals surface area contributed by atoms with Gasteiger partial charge in [-0.15, -0.1) is 0 Å². The summed E-state index contributed by atoms with van der Waals surface area (Å²) in [6.45, 7) is 1.73. The van der Waals surface area contributed by atoms with Crippen LogP contribution >= 0.6 is 0 Å². The molecule has 2 aromatic rings. The molecular weight excluding hydrogens is 426 g/mol. The first-order valence-electron chi connectivity index (χ1n) is 11.2. The second-order valence-electron chi connectivity index (χ2n) is 9.28. The van der Waals surface area contributed by atoms with Crippen molar-refractivity contribution in [2.24, 2.45) is 23.7 Å². The smallest absolute Gasteiger partial charge is 0.194 e. The predicted octanol–water partition coefficient (Wildman–Crippen LogP) is 8.24. The lowest BCUT2D eigenvalue weighted by Crippen LogP contribution is -2.28. The number of fused-ring (bicyclic) bond motifs is 1. The highest BCUT2D eigenvalue weighted by Gasteiger charge is 2.33. The lowest BCUT2D eigenvalue weighted by molar-refractivity contribution is 0.160. The standard InChI is InChI=1S/C26H26F6/c1-14(24(30)13-27)15-2-4-16(5-3-15)17-6-8-20-18(10-17)7-9-21(25(20)31)19-11-22(28)26(32)23(29)12-19/h7,9,11-17H,2-6,8,10H2,1H3/b24-13+. The minimum absolute atomic E-state index is 0.0224. The van der Waals surface area contributed by atoms with Gasteiger partial charge in [0.1, 0.15) is 18.0 Å². The van der Waals surface area contributed by atoms with Crippen molar-refractivity contribution in [2.75, 3.05) is 0 Å². The number of allylic oxidation sites excluding steroid dienone is 1. The van der Waals surface area contributed by atoms with Crippen LogP contribution in [0, 0.1) is 46.9 Å². The van der Waals surface area contributed by atoms with Crippen molar-refractivity contribution < 1.29 is 26.3 Å². The highest BCUT2D eigenvalue weighted by Crippen LogP contribution is 2.43. The first-order chi connectivity index (χ1) is 15.3. The summed E-state index contributed by atoms with van der Waals surface area (Å²) in [4.78, 5) is 0. The van der Waals surface area contributed by atoms with Crippen molar-refractivity contribution in [2.45, 2.75) is 51.9 Å². The highest BCUT2D eigenvalue weighted by molar-refractivity contribution is 5.66. The van der Waals surface area contributed by atoms with E-state index in [0.29, 0.717) is 23.8 Å². The molecule has 0 aliphatic heterocycles. The molecule has 2 aromatic carbocycles. The van der Waals surface area contributed by atoms with Gasteiger partial charge in [-0.25, -0.2) is 26.3 Å². The molecule has 0 aromatic heterocycles. The monoisotopic (exact) mass is 452 g/mol. The summed E-state index contributed by atoms with van der Waals surface area (Å²) in [6, 6.07) is 4.94. The molecule has 0 spiro atoms. The van der Waals surface area contributed by atoms with Crippen molar-refractivity contribution in [3.05, 3.63) is 70.8 Å². The second kappa shape index (κ2) is 9.32. The fourth-order valence-corrected chi connectivity index (χ4v) is 5.61. The summed E-state index contributed by atoms with van der Waals surface area (Å²) in [6.07, 6.45) is 5.72. The van der Waals surface area contributed by atoms with Crippen molar-refractivity contribution in [3.63, 3.8) is 0 Å². The number of hydrogen-bond acceptors (Lipinski definition) is 0. The van der Waals surface area contributed by atoms with Crippen LogP contribution in [0.3, 0.4) is 0 Å². The van der Waals surface area contributed by atoms with E-state index >= 15 is 4.39 Å². The van der Waals surface area contributed by atoms with E-state index in [-0.39, 0.29) is 23.4 Å². The maximum Gasteiger partial charge on any atom is 0.194 e. The molecule has 2 unspecified atom stereocenters. The summed E-state index contributed by atoms with van der Waals surface area (Å²) in [5, 5.41) is 0. The Morgan fingerprint density at radius 1 is 0.906 bits per heavy atom.